The van der Waals surface area contributed by atoms with Gasteiger partial charge in [-0.2, -0.15) is 0 Å². The number of thioether (sulfide) groups is 1. The number of hydrogen-bond donors (Lipinski definition) is 2. The molecule has 106 valence electrons. The van der Waals surface area contributed by atoms with E-state index in [-0.39, 0.29) is 18.1 Å². The van der Waals surface area contributed by atoms with Gasteiger partial charge in [-0.05, 0) is 44.5 Å². The molecule has 1 rings (SSSR count). The molecule has 5 heteroatoms. The molecule has 0 bridgehead atoms. The van der Waals surface area contributed by atoms with E-state index in [1.165, 1.54) is 11.8 Å². The monoisotopic (exact) mass is 283 g/mol. The third-order valence-electron chi connectivity index (χ3n) is 2.64. The van der Waals surface area contributed by atoms with Crippen LogP contribution in [0.5, 0.6) is 5.75 Å². The molecule has 0 heterocycles. The summed E-state index contributed by atoms with van der Waals surface area (Å²) in [5, 5.41) is 11.8. The topological polar surface area (TPSA) is 58.6 Å². The van der Waals surface area contributed by atoms with Crippen molar-refractivity contribution in [2.24, 2.45) is 0 Å². The predicted octanol–water partition coefficient (Wildman–Crippen LogP) is 2.06. The number of benzene rings is 1. The van der Waals surface area contributed by atoms with E-state index >= 15 is 0 Å². The molecule has 0 fully saturated rings. The van der Waals surface area contributed by atoms with Crippen molar-refractivity contribution in [2.75, 3.05) is 19.5 Å². The number of nitrogens with one attached hydrogen (secondary N) is 1. The van der Waals surface area contributed by atoms with Gasteiger partial charge in [0.05, 0.1) is 12.9 Å². The predicted molar refractivity (Wildman–Crippen MR) is 77.6 cm³/mol. The summed E-state index contributed by atoms with van der Waals surface area (Å²) in [6, 6.07) is 7.59. The van der Waals surface area contributed by atoms with Gasteiger partial charge in [0.15, 0.2) is 0 Å². The van der Waals surface area contributed by atoms with Gasteiger partial charge in [-0.1, -0.05) is 0 Å². The maximum Gasteiger partial charge on any atom is 0.230 e. The highest BCUT2D eigenvalue weighted by Crippen LogP contribution is 2.21. The molecule has 0 aliphatic heterocycles. The molecule has 0 spiro atoms. The van der Waals surface area contributed by atoms with E-state index < -0.39 is 0 Å². The molecule has 0 saturated carbocycles. The number of carbonyl (C=O) groups is 1. The highest BCUT2D eigenvalue weighted by Gasteiger charge is 2.19. The zero-order chi connectivity index (χ0) is 14.3. The summed E-state index contributed by atoms with van der Waals surface area (Å²) < 4.78 is 5.08. The summed E-state index contributed by atoms with van der Waals surface area (Å²) in [5.74, 6) is 1.14. The zero-order valence-electron chi connectivity index (χ0n) is 11.6. The van der Waals surface area contributed by atoms with Crippen LogP contribution in [0.1, 0.15) is 20.3 Å². The first kappa shape index (κ1) is 15.9. The Labute approximate surface area is 118 Å². The number of hydrogen-bond acceptors (Lipinski definition) is 4. The molecular formula is C14H21NO3S. The molecule has 4 nitrogen and oxygen atoms in total. The van der Waals surface area contributed by atoms with Crippen molar-refractivity contribution >= 4 is 17.7 Å². The van der Waals surface area contributed by atoms with Gasteiger partial charge < -0.3 is 15.2 Å². The minimum Gasteiger partial charge on any atom is -0.497 e. The third-order valence-corrected chi connectivity index (χ3v) is 3.66. The van der Waals surface area contributed by atoms with Crippen molar-refractivity contribution in [1.82, 2.24) is 5.32 Å². The molecule has 0 saturated heterocycles. The smallest absolute Gasteiger partial charge is 0.230 e. The number of ether oxygens (including phenoxy) is 1. The summed E-state index contributed by atoms with van der Waals surface area (Å²) >= 11 is 1.48. The van der Waals surface area contributed by atoms with Crippen molar-refractivity contribution in [2.45, 2.75) is 30.7 Å². The lowest BCUT2D eigenvalue weighted by molar-refractivity contribution is -0.120. The Hall–Kier alpha value is -1.20. The second kappa shape index (κ2) is 7.40. The fourth-order valence-corrected chi connectivity index (χ4v) is 2.27. The average Bonchev–Trinajstić information content (AvgIpc) is 2.36. The highest BCUT2D eigenvalue weighted by molar-refractivity contribution is 8.00. The lowest BCUT2D eigenvalue weighted by Crippen LogP contribution is -2.44. The number of amides is 1. The van der Waals surface area contributed by atoms with Gasteiger partial charge in [0, 0.05) is 17.0 Å². The molecule has 1 amide bonds. The first-order chi connectivity index (χ1) is 8.96. The van der Waals surface area contributed by atoms with E-state index in [4.69, 9.17) is 9.84 Å². The summed E-state index contributed by atoms with van der Waals surface area (Å²) in [6.45, 7) is 3.87. The molecule has 1 aromatic rings. The Bertz CT molecular complexity index is 404. The number of aliphatic hydroxyl groups is 1. The largest absolute Gasteiger partial charge is 0.497 e. The summed E-state index contributed by atoms with van der Waals surface area (Å²) in [5.41, 5.74) is -0.369. The average molecular weight is 283 g/mol. The van der Waals surface area contributed by atoms with E-state index in [9.17, 15) is 4.79 Å². The minimum absolute atomic E-state index is 0.0285. The number of methoxy groups -OCH3 is 1. The summed E-state index contributed by atoms with van der Waals surface area (Å²) in [6.07, 6.45) is 0.548. The second-order valence-electron chi connectivity index (χ2n) is 4.87. The van der Waals surface area contributed by atoms with Gasteiger partial charge >= 0.3 is 0 Å². The van der Waals surface area contributed by atoms with Crippen LogP contribution in [0, 0.1) is 0 Å². The van der Waals surface area contributed by atoms with Gasteiger partial charge in [0.25, 0.3) is 0 Å². The molecule has 0 aliphatic carbocycles. The Kier molecular flexibility index (Phi) is 6.18. The zero-order valence-corrected chi connectivity index (χ0v) is 12.4. The Morgan fingerprint density at radius 1 is 1.37 bits per heavy atom. The normalized spacial score (nSPS) is 11.2. The lowest BCUT2D eigenvalue weighted by Gasteiger charge is -2.25. The van der Waals surface area contributed by atoms with Crippen molar-refractivity contribution in [3.8, 4) is 5.75 Å². The van der Waals surface area contributed by atoms with Gasteiger partial charge in [-0.3, -0.25) is 4.79 Å². The van der Waals surface area contributed by atoms with Crippen LogP contribution in [0.3, 0.4) is 0 Å². The number of rotatable bonds is 7. The van der Waals surface area contributed by atoms with E-state index in [1.807, 2.05) is 38.1 Å². The Morgan fingerprint density at radius 3 is 2.53 bits per heavy atom. The first-order valence-electron chi connectivity index (χ1n) is 6.15. The van der Waals surface area contributed by atoms with E-state index in [1.54, 1.807) is 7.11 Å². The van der Waals surface area contributed by atoms with Gasteiger partial charge in [-0.15, -0.1) is 11.8 Å². The highest BCUT2D eigenvalue weighted by atomic mass is 32.2. The molecule has 1 aromatic carbocycles. The van der Waals surface area contributed by atoms with Crippen LogP contribution in [0.25, 0.3) is 0 Å². The van der Waals surface area contributed by atoms with Crippen LogP contribution in [-0.2, 0) is 4.79 Å². The van der Waals surface area contributed by atoms with Gasteiger partial charge in [0.2, 0.25) is 5.91 Å². The van der Waals surface area contributed by atoms with Crippen molar-refractivity contribution in [3.05, 3.63) is 24.3 Å². The summed E-state index contributed by atoms with van der Waals surface area (Å²) in [7, 11) is 1.62. The molecule has 0 radical (unpaired) electrons. The van der Waals surface area contributed by atoms with E-state index in [2.05, 4.69) is 5.32 Å². The lowest BCUT2D eigenvalue weighted by atomic mass is 10.0. The molecule has 0 aliphatic rings. The molecule has 0 unspecified atom stereocenters. The van der Waals surface area contributed by atoms with Crippen LogP contribution < -0.4 is 10.1 Å². The molecule has 0 atom stereocenters. The van der Waals surface area contributed by atoms with Gasteiger partial charge in [0.1, 0.15) is 5.75 Å². The first-order valence-corrected chi connectivity index (χ1v) is 7.14. The number of aliphatic hydroxyl groups excluding tert-OH is 1. The number of carbonyl (C=O) groups excluding carboxylic acids is 1. The van der Waals surface area contributed by atoms with E-state index in [0.717, 1.165) is 10.6 Å². The van der Waals surface area contributed by atoms with Crippen molar-refractivity contribution in [3.63, 3.8) is 0 Å². The molecule has 2 N–H and O–H groups in total. The van der Waals surface area contributed by atoms with Crippen LogP contribution >= 0.6 is 11.8 Å². The van der Waals surface area contributed by atoms with Crippen LogP contribution in [0.2, 0.25) is 0 Å². The molecule has 0 aromatic heterocycles. The summed E-state index contributed by atoms with van der Waals surface area (Å²) in [4.78, 5) is 12.8. The molecule has 19 heavy (non-hydrogen) atoms. The SMILES string of the molecule is COc1ccc(SCC(=O)NC(C)(C)CCO)cc1. The van der Waals surface area contributed by atoms with Crippen molar-refractivity contribution < 1.29 is 14.6 Å². The minimum atomic E-state index is -0.369. The molecular weight excluding hydrogens is 262 g/mol. The fourth-order valence-electron chi connectivity index (χ4n) is 1.58. The Balaban J connectivity index is 2.41. The van der Waals surface area contributed by atoms with Crippen LogP contribution in [0.4, 0.5) is 0 Å². The Morgan fingerprint density at radius 2 is 2.00 bits per heavy atom. The maximum atomic E-state index is 11.8. The third kappa shape index (κ3) is 5.98. The fraction of sp³-hybridized carbons (Fsp3) is 0.500. The second-order valence-corrected chi connectivity index (χ2v) is 5.92. The van der Waals surface area contributed by atoms with Crippen LogP contribution in [-0.4, -0.2) is 36.0 Å². The van der Waals surface area contributed by atoms with Crippen molar-refractivity contribution in [1.29, 1.82) is 0 Å². The van der Waals surface area contributed by atoms with Gasteiger partial charge in [-0.25, -0.2) is 0 Å². The van der Waals surface area contributed by atoms with E-state index in [0.29, 0.717) is 12.2 Å². The van der Waals surface area contributed by atoms with Crippen LogP contribution in [0.15, 0.2) is 29.2 Å². The standard InChI is InChI=1S/C14H21NO3S/c1-14(2,8-9-16)15-13(17)10-19-12-6-4-11(18-3)5-7-12/h4-7,16H,8-10H2,1-3H3,(H,15,17). The quantitative estimate of drug-likeness (QED) is 0.752. The maximum absolute atomic E-state index is 11.8.